The first-order chi connectivity index (χ1) is 11.3. The van der Waals surface area contributed by atoms with Gasteiger partial charge in [0.2, 0.25) is 0 Å². The third kappa shape index (κ3) is 4.64. The molecule has 0 bridgehead atoms. The fraction of sp³-hybridized carbons (Fsp3) is 0.278. The highest BCUT2D eigenvalue weighted by atomic mass is 16.5. The standard InChI is InChI=1S/C18H22N2O3/c1-3-20(15-10-6-5-7-11-15)18(21)19-14-23-17-13-9-8-12-16(17)22-4-2/h5-13H,3-4,14H2,1-2H3,(H,19,21). The van der Waals surface area contributed by atoms with Gasteiger partial charge in [0.15, 0.2) is 18.2 Å². The van der Waals surface area contributed by atoms with Gasteiger partial charge in [-0.15, -0.1) is 0 Å². The van der Waals surface area contributed by atoms with Crippen molar-refractivity contribution in [3.8, 4) is 11.5 Å². The normalized spacial score (nSPS) is 10.0. The first kappa shape index (κ1) is 16.7. The molecular weight excluding hydrogens is 292 g/mol. The van der Waals surface area contributed by atoms with Crippen LogP contribution in [-0.2, 0) is 0 Å². The number of amides is 2. The number of urea groups is 1. The summed E-state index contributed by atoms with van der Waals surface area (Å²) in [6, 6.07) is 16.7. The van der Waals surface area contributed by atoms with Gasteiger partial charge in [0.25, 0.3) is 0 Å². The van der Waals surface area contributed by atoms with E-state index in [0.29, 0.717) is 24.7 Å². The van der Waals surface area contributed by atoms with Crippen molar-refractivity contribution in [1.29, 1.82) is 0 Å². The zero-order chi connectivity index (χ0) is 16.5. The van der Waals surface area contributed by atoms with Gasteiger partial charge in [0, 0.05) is 12.2 Å². The molecule has 23 heavy (non-hydrogen) atoms. The highest BCUT2D eigenvalue weighted by molar-refractivity contribution is 5.91. The molecule has 0 atom stereocenters. The lowest BCUT2D eigenvalue weighted by atomic mass is 10.3. The van der Waals surface area contributed by atoms with Crippen LogP contribution in [0.5, 0.6) is 11.5 Å². The first-order valence-corrected chi connectivity index (χ1v) is 7.71. The molecule has 2 aromatic carbocycles. The third-order valence-corrected chi connectivity index (χ3v) is 3.23. The number of benzene rings is 2. The van der Waals surface area contributed by atoms with E-state index in [2.05, 4.69) is 5.32 Å². The zero-order valence-electron chi connectivity index (χ0n) is 13.5. The van der Waals surface area contributed by atoms with Gasteiger partial charge >= 0.3 is 6.03 Å². The van der Waals surface area contributed by atoms with E-state index in [1.165, 1.54) is 0 Å². The van der Waals surface area contributed by atoms with Crippen molar-refractivity contribution in [2.75, 3.05) is 24.8 Å². The van der Waals surface area contributed by atoms with Gasteiger partial charge in [0.05, 0.1) is 6.61 Å². The molecule has 0 aliphatic heterocycles. The van der Waals surface area contributed by atoms with Crippen molar-refractivity contribution in [1.82, 2.24) is 5.32 Å². The van der Waals surface area contributed by atoms with Gasteiger partial charge in [-0.1, -0.05) is 30.3 Å². The number of hydrogen-bond donors (Lipinski definition) is 1. The number of nitrogens with one attached hydrogen (secondary N) is 1. The van der Waals surface area contributed by atoms with Crippen LogP contribution in [0.2, 0.25) is 0 Å². The molecule has 0 saturated heterocycles. The van der Waals surface area contributed by atoms with Crippen LogP contribution in [0.25, 0.3) is 0 Å². The van der Waals surface area contributed by atoms with E-state index in [4.69, 9.17) is 9.47 Å². The number of rotatable bonds is 7. The Morgan fingerprint density at radius 1 is 0.957 bits per heavy atom. The maximum Gasteiger partial charge on any atom is 0.324 e. The van der Waals surface area contributed by atoms with Crippen molar-refractivity contribution in [3.63, 3.8) is 0 Å². The SMILES string of the molecule is CCOc1ccccc1OCNC(=O)N(CC)c1ccccc1. The highest BCUT2D eigenvalue weighted by Gasteiger charge is 2.13. The maximum absolute atomic E-state index is 12.3. The van der Waals surface area contributed by atoms with Crippen LogP contribution in [-0.4, -0.2) is 25.9 Å². The second kappa shape index (κ2) is 8.68. The van der Waals surface area contributed by atoms with Gasteiger partial charge in [0.1, 0.15) is 0 Å². The first-order valence-electron chi connectivity index (χ1n) is 7.71. The molecule has 0 unspecified atom stereocenters. The maximum atomic E-state index is 12.3. The molecule has 5 nitrogen and oxygen atoms in total. The van der Waals surface area contributed by atoms with Crippen LogP contribution >= 0.6 is 0 Å². The summed E-state index contributed by atoms with van der Waals surface area (Å²) in [5.74, 6) is 1.28. The molecule has 0 saturated carbocycles. The Bertz CT molecular complexity index is 617. The second-order valence-electron chi connectivity index (χ2n) is 4.73. The monoisotopic (exact) mass is 314 g/mol. The summed E-state index contributed by atoms with van der Waals surface area (Å²) in [5.41, 5.74) is 0.849. The number of para-hydroxylation sites is 3. The van der Waals surface area contributed by atoms with Gasteiger partial charge in [-0.3, -0.25) is 4.90 Å². The van der Waals surface area contributed by atoms with Crippen LogP contribution in [0.4, 0.5) is 10.5 Å². The molecule has 0 aromatic heterocycles. The van der Waals surface area contributed by atoms with Crippen molar-refractivity contribution in [3.05, 3.63) is 54.6 Å². The average Bonchev–Trinajstić information content (AvgIpc) is 2.58. The molecule has 0 heterocycles. The van der Waals surface area contributed by atoms with Crippen molar-refractivity contribution in [2.45, 2.75) is 13.8 Å². The van der Waals surface area contributed by atoms with Crippen LogP contribution in [0.1, 0.15) is 13.8 Å². The van der Waals surface area contributed by atoms with E-state index in [9.17, 15) is 4.79 Å². The minimum absolute atomic E-state index is 0.0756. The van der Waals surface area contributed by atoms with Gasteiger partial charge in [-0.05, 0) is 38.1 Å². The number of nitrogens with zero attached hydrogens (tertiary/aromatic N) is 1. The third-order valence-electron chi connectivity index (χ3n) is 3.23. The highest BCUT2D eigenvalue weighted by Crippen LogP contribution is 2.26. The Morgan fingerprint density at radius 3 is 2.17 bits per heavy atom. The Kier molecular flexibility index (Phi) is 6.29. The summed E-state index contributed by atoms with van der Waals surface area (Å²) in [5, 5.41) is 2.76. The minimum Gasteiger partial charge on any atom is -0.490 e. The Balaban J connectivity index is 1.92. The fourth-order valence-electron chi connectivity index (χ4n) is 2.17. The smallest absolute Gasteiger partial charge is 0.324 e. The summed E-state index contributed by atoms with van der Waals surface area (Å²) in [4.78, 5) is 13.9. The zero-order valence-corrected chi connectivity index (χ0v) is 13.5. The molecule has 0 aliphatic rings. The Hall–Kier alpha value is -2.69. The van der Waals surface area contributed by atoms with Gasteiger partial charge < -0.3 is 14.8 Å². The summed E-state index contributed by atoms with van der Waals surface area (Å²) in [7, 11) is 0. The van der Waals surface area contributed by atoms with E-state index in [1.807, 2.05) is 68.4 Å². The number of carbonyl (C=O) groups excluding carboxylic acids is 1. The topological polar surface area (TPSA) is 50.8 Å². The van der Waals surface area contributed by atoms with Crippen molar-refractivity contribution < 1.29 is 14.3 Å². The number of carbonyl (C=O) groups is 1. The van der Waals surface area contributed by atoms with Crippen LogP contribution < -0.4 is 19.7 Å². The summed E-state index contributed by atoms with van der Waals surface area (Å²) < 4.78 is 11.1. The lowest BCUT2D eigenvalue weighted by Crippen LogP contribution is -2.41. The Morgan fingerprint density at radius 2 is 1.57 bits per heavy atom. The summed E-state index contributed by atoms with van der Waals surface area (Å²) in [6.07, 6.45) is 0. The van der Waals surface area contributed by atoms with Crippen molar-refractivity contribution in [2.24, 2.45) is 0 Å². The van der Waals surface area contributed by atoms with Crippen LogP contribution in [0, 0.1) is 0 Å². The fourth-order valence-corrected chi connectivity index (χ4v) is 2.17. The Labute approximate surface area is 136 Å². The average molecular weight is 314 g/mol. The predicted octanol–water partition coefficient (Wildman–Crippen LogP) is 3.66. The number of anilines is 1. The van der Waals surface area contributed by atoms with Crippen molar-refractivity contribution >= 4 is 11.7 Å². The molecule has 0 radical (unpaired) electrons. The molecular formula is C18H22N2O3. The molecule has 122 valence electrons. The van der Waals surface area contributed by atoms with E-state index < -0.39 is 0 Å². The molecule has 0 fully saturated rings. The lowest BCUT2D eigenvalue weighted by molar-refractivity contribution is 0.225. The number of ether oxygens (including phenoxy) is 2. The quantitative estimate of drug-likeness (QED) is 0.794. The molecule has 0 spiro atoms. The van der Waals surface area contributed by atoms with Crippen LogP contribution in [0.3, 0.4) is 0 Å². The van der Waals surface area contributed by atoms with Crippen LogP contribution in [0.15, 0.2) is 54.6 Å². The molecule has 2 aromatic rings. The largest absolute Gasteiger partial charge is 0.490 e. The lowest BCUT2D eigenvalue weighted by Gasteiger charge is -2.21. The summed E-state index contributed by atoms with van der Waals surface area (Å²) in [6.45, 7) is 5.05. The molecule has 5 heteroatoms. The molecule has 0 aliphatic carbocycles. The molecule has 2 rings (SSSR count). The number of hydrogen-bond acceptors (Lipinski definition) is 3. The van der Waals surface area contributed by atoms with Gasteiger partial charge in [-0.2, -0.15) is 0 Å². The predicted molar refractivity (Wildman–Crippen MR) is 91.1 cm³/mol. The molecule has 1 N–H and O–H groups in total. The minimum atomic E-state index is -0.201. The summed E-state index contributed by atoms with van der Waals surface area (Å²) >= 11 is 0. The molecule has 2 amide bonds. The van der Waals surface area contributed by atoms with E-state index in [1.54, 1.807) is 4.90 Å². The van der Waals surface area contributed by atoms with Gasteiger partial charge in [-0.25, -0.2) is 4.79 Å². The van der Waals surface area contributed by atoms with E-state index in [0.717, 1.165) is 5.69 Å². The second-order valence-corrected chi connectivity index (χ2v) is 4.73. The van der Waals surface area contributed by atoms with E-state index in [-0.39, 0.29) is 12.8 Å². The van der Waals surface area contributed by atoms with E-state index >= 15 is 0 Å².